The van der Waals surface area contributed by atoms with Crippen LogP contribution in [-0.4, -0.2) is 33.0 Å². The first-order valence-electron chi connectivity index (χ1n) is 6.48. The van der Waals surface area contributed by atoms with Crippen LogP contribution < -0.4 is 10.0 Å². The highest BCUT2D eigenvalue weighted by Crippen LogP contribution is 2.24. The Morgan fingerprint density at radius 1 is 1.38 bits per heavy atom. The van der Waals surface area contributed by atoms with E-state index in [2.05, 4.69) is 26.0 Å². The van der Waals surface area contributed by atoms with Crippen molar-refractivity contribution in [3.8, 4) is 0 Å². The molecule has 1 aromatic rings. The molecule has 0 spiro atoms. The fraction of sp³-hybridized carbons (Fsp3) is 0.538. The smallest absolute Gasteiger partial charge is 0.243 e. The van der Waals surface area contributed by atoms with Gasteiger partial charge in [-0.1, -0.05) is 29.8 Å². The molecule has 0 amide bonds. The number of sulfonamides is 1. The molecule has 0 aromatic heterocycles. The van der Waals surface area contributed by atoms with Gasteiger partial charge in [-0.2, -0.15) is 11.8 Å². The Kier molecular flexibility index (Phi) is 7.63. The molecule has 0 bridgehead atoms. The number of halogens is 2. The average Bonchev–Trinajstić information content (AvgIpc) is 2.39. The van der Waals surface area contributed by atoms with Crippen LogP contribution in [0.25, 0.3) is 0 Å². The average molecular weight is 399 g/mol. The SMILES string of the molecule is CSCCNS(=O)(=O)c1cc(Br)cc(CNC(C)C)c1F. The molecule has 0 atom stereocenters. The third-order valence-corrected chi connectivity index (χ3v) is 5.20. The Labute approximate surface area is 138 Å². The molecule has 2 N–H and O–H groups in total. The number of benzene rings is 1. The van der Waals surface area contributed by atoms with Gasteiger partial charge in [0.15, 0.2) is 0 Å². The molecule has 0 aliphatic rings. The summed E-state index contributed by atoms with van der Waals surface area (Å²) < 4.78 is 41.7. The Balaban J connectivity index is 3.06. The molecule has 0 aliphatic carbocycles. The molecule has 0 saturated heterocycles. The van der Waals surface area contributed by atoms with E-state index in [4.69, 9.17) is 0 Å². The highest BCUT2D eigenvalue weighted by atomic mass is 79.9. The number of nitrogens with one attached hydrogen (secondary N) is 2. The summed E-state index contributed by atoms with van der Waals surface area (Å²) in [5.41, 5.74) is 0.323. The van der Waals surface area contributed by atoms with Crippen LogP contribution >= 0.6 is 27.7 Å². The standard InChI is InChI=1S/C13H20BrFN2O2S2/c1-9(2)16-8-10-6-11(14)7-12(13(10)15)21(18,19)17-4-5-20-3/h6-7,9,16-17H,4-5,8H2,1-3H3. The van der Waals surface area contributed by atoms with E-state index in [-0.39, 0.29) is 24.0 Å². The summed E-state index contributed by atoms with van der Waals surface area (Å²) >= 11 is 4.76. The molecule has 4 nitrogen and oxygen atoms in total. The van der Waals surface area contributed by atoms with Crippen LogP contribution in [0.5, 0.6) is 0 Å². The van der Waals surface area contributed by atoms with E-state index >= 15 is 0 Å². The van der Waals surface area contributed by atoms with E-state index in [1.54, 1.807) is 6.07 Å². The lowest BCUT2D eigenvalue weighted by Crippen LogP contribution is -2.28. The van der Waals surface area contributed by atoms with Gasteiger partial charge in [0.05, 0.1) is 0 Å². The van der Waals surface area contributed by atoms with E-state index in [1.807, 2.05) is 20.1 Å². The summed E-state index contributed by atoms with van der Waals surface area (Å²) in [5.74, 6) is -0.0700. The molecule has 120 valence electrons. The third kappa shape index (κ3) is 5.86. The Hall–Kier alpha value is -0.150. The Morgan fingerprint density at radius 3 is 2.62 bits per heavy atom. The zero-order valence-electron chi connectivity index (χ0n) is 12.2. The number of hydrogen-bond donors (Lipinski definition) is 2. The third-order valence-electron chi connectivity index (χ3n) is 2.67. The first-order chi connectivity index (χ1) is 9.77. The zero-order valence-corrected chi connectivity index (χ0v) is 15.5. The van der Waals surface area contributed by atoms with Crippen molar-refractivity contribution in [2.24, 2.45) is 0 Å². The molecule has 0 saturated carbocycles. The van der Waals surface area contributed by atoms with Crippen LogP contribution in [0.3, 0.4) is 0 Å². The number of rotatable bonds is 8. The van der Waals surface area contributed by atoms with Crippen molar-refractivity contribution in [2.45, 2.75) is 31.3 Å². The second kappa shape index (κ2) is 8.47. The molecule has 0 unspecified atom stereocenters. The molecule has 1 aromatic carbocycles. The predicted molar refractivity (Wildman–Crippen MR) is 89.6 cm³/mol. The zero-order chi connectivity index (χ0) is 16.0. The summed E-state index contributed by atoms with van der Waals surface area (Å²) in [6.07, 6.45) is 1.88. The van der Waals surface area contributed by atoms with Crippen molar-refractivity contribution >= 4 is 37.7 Å². The minimum Gasteiger partial charge on any atom is -0.310 e. The van der Waals surface area contributed by atoms with Gasteiger partial charge in [-0.25, -0.2) is 17.5 Å². The lowest BCUT2D eigenvalue weighted by Gasteiger charge is -2.13. The van der Waals surface area contributed by atoms with Crippen LogP contribution in [0.15, 0.2) is 21.5 Å². The normalized spacial score (nSPS) is 12.1. The maximum Gasteiger partial charge on any atom is 0.243 e. The molecule has 0 radical (unpaired) electrons. The van der Waals surface area contributed by atoms with Gasteiger partial charge >= 0.3 is 0 Å². The van der Waals surface area contributed by atoms with E-state index in [9.17, 15) is 12.8 Å². The summed E-state index contributed by atoms with van der Waals surface area (Å²) in [5, 5.41) is 3.08. The van der Waals surface area contributed by atoms with E-state index < -0.39 is 15.8 Å². The highest BCUT2D eigenvalue weighted by Gasteiger charge is 2.22. The maximum atomic E-state index is 14.4. The van der Waals surface area contributed by atoms with Crippen LogP contribution in [-0.2, 0) is 16.6 Å². The van der Waals surface area contributed by atoms with Crippen molar-refractivity contribution in [1.29, 1.82) is 0 Å². The van der Waals surface area contributed by atoms with E-state index in [1.165, 1.54) is 17.8 Å². The van der Waals surface area contributed by atoms with Gasteiger partial charge < -0.3 is 5.32 Å². The molecule has 0 aliphatic heterocycles. The summed E-state index contributed by atoms with van der Waals surface area (Å²) in [4.78, 5) is -0.321. The van der Waals surface area contributed by atoms with Crippen molar-refractivity contribution in [3.63, 3.8) is 0 Å². The van der Waals surface area contributed by atoms with Gasteiger partial charge in [-0.05, 0) is 18.4 Å². The Bertz CT molecular complexity index is 580. The largest absolute Gasteiger partial charge is 0.310 e. The van der Waals surface area contributed by atoms with Crippen LogP contribution in [0.2, 0.25) is 0 Å². The fourth-order valence-electron chi connectivity index (χ4n) is 1.61. The lowest BCUT2D eigenvalue weighted by atomic mass is 10.2. The highest BCUT2D eigenvalue weighted by molar-refractivity contribution is 9.10. The van der Waals surface area contributed by atoms with Gasteiger partial charge in [-0.15, -0.1) is 0 Å². The quantitative estimate of drug-likeness (QED) is 0.660. The van der Waals surface area contributed by atoms with Crippen molar-refractivity contribution in [3.05, 3.63) is 28.0 Å². The van der Waals surface area contributed by atoms with Gasteiger partial charge in [0.1, 0.15) is 10.7 Å². The van der Waals surface area contributed by atoms with Crippen molar-refractivity contribution < 1.29 is 12.8 Å². The van der Waals surface area contributed by atoms with Crippen LogP contribution in [0.4, 0.5) is 4.39 Å². The Morgan fingerprint density at radius 2 is 2.05 bits per heavy atom. The monoisotopic (exact) mass is 398 g/mol. The molecule has 1 rings (SSSR count). The predicted octanol–water partition coefficient (Wildman–Crippen LogP) is 2.73. The minimum atomic E-state index is -3.84. The molecule has 0 fully saturated rings. The maximum absolute atomic E-state index is 14.4. The summed E-state index contributed by atoms with van der Waals surface area (Å²) in [6.45, 7) is 4.43. The van der Waals surface area contributed by atoms with Crippen LogP contribution in [0.1, 0.15) is 19.4 Å². The first-order valence-corrected chi connectivity index (χ1v) is 10.1. The second-order valence-corrected chi connectivity index (χ2v) is 8.44. The number of hydrogen-bond acceptors (Lipinski definition) is 4. The fourth-order valence-corrected chi connectivity index (χ4v) is 3.88. The van der Waals surface area contributed by atoms with Crippen molar-refractivity contribution in [1.82, 2.24) is 10.0 Å². The summed E-state index contributed by atoms with van der Waals surface area (Å²) in [7, 11) is -3.84. The first kappa shape index (κ1) is 18.9. The summed E-state index contributed by atoms with van der Waals surface area (Å²) in [6, 6.07) is 3.06. The molecular formula is C13H20BrFN2O2S2. The minimum absolute atomic E-state index is 0.183. The molecular weight excluding hydrogens is 379 g/mol. The van der Waals surface area contributed by atoms with E-state index in [0.717, 1.165) is 0 Å². The van der Waals surface area contributed by atoms with Crippen molar-refractivity contribution in [2.75, 3.05) is 18.6 Å². The van der Waals surface area contributed by atoms with Gasteiger partial charge in [0, 0.05) is 34.9 Å². The second-order valence-electron chi connectivity index (χ2n) is 4.80. The lowest BCUT2D eigenvalue weighted by molar-refractivity contribution is 0.529. The molecule has 8 heteroatoms. The van der Waals surface area contributed by atoms with Gasteiger partial charge in [0.25, 0.3) is 0 Å². The van der Waals surface area contributed by atoms with Crippen LogP contribution in [0, 0.1) is 5.82 Å². The number of thioether (sulfide) groups is 1. The topological polar surface area (TPSA) is 58.2 Å². The van der Waals surface area contributed by atoms with Gasteiger partial charge in [-0.3, -0.25) is 0 Å². The van der Waals surface area contributed by atoms with E-state index in [0.29, 0.717) is 15.8 Å². The van der Waals surface area contributed by atoms with Gasteiger partial charge in [0.2, 0.25) is 10.0 Å². The molecule has 0 heterocycles. The molecule has 21 heavy (non-hydrogen) atoms.